The van der Waals surface area contributed by atoms with Crippen molar-refractivity contribution in [3.8, 4) is 0 Å². The van der Waals surface area contributed by atoms with Gasteiger partial charge in [-0.25, -0.2) is 0 Å². The molecule has 332 valence electrons. The van der Waals surface area contributed by atoms with Gasteiger partial charge in [-0.15, -0.1) is 23.2 Å². The molecule has 0 saturated carbocycles. The van der Waals surface area contributed by atoms with E-state index in [-0.39, 0.29) is 105 Å². The highest BCUT2D eigenvalue weighted by Gasteiger charge is 2.32. The fourth-order valence-electron chi connectivity index (χ4n) is 6.43. The Labute approximate surface area is 375 Å². The second kappa shape index (κ2) is 24.5. The number of carbonyl (C=O) groups excluding carboxylic acids is 8. The Morgan fingerprint density at radius 1 is 0.429 bits per heavy atom. The molecule has 0 fully saturated rings. The number of carbonyl (C=O) groups is 8. The van der Waals surface area contributed by atoms with Crippen LogP contribution in [0.15, 0.2) is 72.8 Å². The van der Waals surface area contributed by atoms with E-state index in [0.29, 0.717) is 59.8 Å². The predicted molar refractivity (Wildman–Crippen MR) is 246 cm³/mol. The van der Waals surface area contributed by atoms with Gasteiger partial charge in [0.25, 0.3) is 0 Å². The van der Waals surface area contributed by atoms with Crippen LogP contribution in [0, 0.1) is 0 Å². The first-order valence-electron chi connectivity index (χ1n) is 20.5. The van der Waals surface area contributed by atoms with Gasteiger partial charge in [0.2, 0.25) is 23.6 Å². The Bertz CT molecular complexity index is 2230. The van der Waals surface area contributed by atoms with Crippen LogP contribution in [0.4, 0.5) is 22.7 Å². The van der Waals surface area contributed by atoms with E-state index in [9.17, 15) is 38.4 Å². The first-order chi connectivity index (χ1) is 30.3. The van der Waals surface area contributed by atoms with E-state index < -0.39 is 0 Å². The molecule has 0 radical (unpaired) electrons. The van der Waals surface area contributed by atoms with E-state index in [4.69, 9.17) is 28.9 Å². The summed E-state index contributed by atoms with van der Waals surface area (Å²) < 4.78 is 0. The quantitative estimate of drug-likeness (QED) is 0.0446. The SMILES string of the molecule is CCN.CCNCCC(=O)Nc1ccc2c(c1)C(=O)c1cc(NC(=O)CCNCC)ccc1C2=O.O=C(CCCl)Nc1ccc2c(c1)C(=O)c1cc(NC(=O)CCCl)ccc1C2=O. The number of nitrogens with one attached hydrogen (secondary N) is 6. The Morgan fingerprint density at radius 2 is 0.667 bits per heavy atom. The lowest BCUT2D eigenvalue weighted by atomic mass is 9.83. The van der Waals surface area contributed by atoms with Gasteiger partial charge in [-0.05, 0) is 92.4 Å². The van der Waals surface area contributed by atoms with Crippen LogP contribution in [0.25, 0.3) is 0 Å². The summed E-state index contributed by atoms with van der Waals surface area (Å²) in [6.45, 7) is 9.24. The molecule has 0 saturated heterocycles. The number of rotatable bonds is 16. The summed E-state index contributed by atoms with van der Waals surface area (Å²) in [7, 11) is 0. The number of hydrogen-bond donors (Lipinski definition) is 7. The van der Waals surface area contributed by atoms with E-state index in [2.05, 4.69) is 31.9 Å². The molecule has 0 aromatic heterocycles. The third-order valence-corrected chi connectivity index (χ3v) is 9.75. The highest BCUT2D eigenvalue weighted by Crippen LogP contribution is 2.32. The molecule has 4 amide bonds. The number of nitrogens with two attached hydrogens (primary N) is 1. The topological polar surface area (TPSA) is 235 Å². The van der Waals surface area contributed by atoms with Crippen molar-refractivity contribution in [2.24, 2.45) is 5.73 Å². The smallest absolute Gasteiger partial charge is 0.225 e. The number of hydrogen-bond acceptors (Lipinski definition) is 11. The van der Waals surface area contributed by atoms with Crippen molar-refractivity contribution in [2.45, 2.75) is 46.5 Å². The van der Waals surface area contributed by atoms with Crippen molar-refractivity contribution in [3.05, 3.63) is 117 Å². The molecule has 4 aromatic carbocycles. The summed E-state index contributed by atoms with van der Waals surface area (Å²) in [5, 5.41) is 17.0. The average Bonchev–Trinajstić information content (AvgIpc) is 3.25. The minimum atomic E-state index is -0.355. The molecule has 0 unspecified atom stereocenters. The summed E-state index contributed by atoms with van der Waals surface area (Å²) in [4.78, 5) is 99.4. The van der Waals surface area contributed by atoms with Gasteiger partial charge in [-0.2, -0.15) is 0 Å². The molecule has 0 aliphatic heterocycles. The number of benzene rings is 4. The lowest BCUT2D eigenvalue weighted by Crippen LogP contribution is -2.24. The molecular weight excluding hydrogens is 849 g/mol. The normalized spacial score (nSPS) is 11.9. The van der Waals surface area contributed by atoms with Crippen LogP contribution >= 0.6 is 23.2 Å². The molecule has 8 N–H and O–H groups in total. The first kappa shape index (κ1) is 49.6. The maximum atomic E-state index is 13.2. The molecule has 63 heavy (non-hydrogen) atoms. The van der Waals surface area contributed by atoms with Crippen molar-refractivity contribution in [2.75, 3.05) is 65.8 Å². The summed E-state index contributed by atoms with van der Waals surface area (Å²) in [6.07, 6.45) is 0.883. The van der Waals surface area contributed by atoms with Gasteiger partial charge in [0.1, 0.15) is 0 Å². The van der Waals surface area contributed by atoms with Crippen LogP contribution in [0.5, 0.6) is 0 Å². The largest absolute Gasteiger partial charge is 0.331 e. The third-order valence-electron chi connectivity index (χ3n) is 9.37. The molecule has 4 aromatic rings. The number of halogens is 2. The van der Waals surface area contributed by atoms with Gasteiger partial charge in [0.05, 0.1) is 0 Å². The van der Waals surface area contributed by atoms with E-state index in [0.717, 1.165) is 19.6 Å². The van der Waals surface area contributed by atoms with E-state index in [1.807, 2.05) is 20.8 Å². The molecule has 0 spiro atoms. The standard InChI is InChI=1S/C24H28N4O4.C20H16Cl2N2O4.C2H7N/c1-3-25-11-9-21(29)27-15-5-7-17-19(13-15)24(32)20-14-16(6-8-18(20)23(17)31)28-22(30)10-12-26-4-2;21-7-5-17(25)23-11-1-3-13-15(9-11)20(28)16-10-12(24-18(26)6-8-22)2-4-14(16)19(13)27;1-2-3/h5-8,13-14,25-26H,3-4,9-12H2,1-2H3,(H,27,29)(H,28,30);1-4,9-10H,5-8H2,(H,23,25)(H,24,26);2-3H2,1H3. The number of fused-ring (bicyclic) bond motifs is 4. The van der Waals surface area contributed by atoms with Crippen LogP contribution in [-0.2, 0) is 19.2 Å². The van der Waals surface area contributed by atoms with Crippen LogP contribution in [0.2, 0.25) is 0 Å². The Kier molecular flexibility index (Phi) is 19.3. The third kappa shape index (κ3) is 13.4. The number of alkyl halides is 2. The zero-order chi connectivity index (χ0) is 46.1. The lowest BCUT2D eigenvalue weighted by molar-refractivity contribution is -0.116. The van der Waals surface area contributed by atoms with E-state index in [1.54, 1.807) is 36.4 Å². The first-order valence-corrected chi connectivity index (χ1v) is 21.5. The predicted octanol–water partition coefficient (Wildman–Crippen LogP) is 5.90. The summed E-state index contributed by atoms with van der Waals surface area (Å²) in [6, 6.07) is 18.6. The summed E-state index contributed by atoms with van der Waals surface area (Å²) in [5.41, 5.74) is 8.60. The van der Waals surface area contributed by atoms with Crippen LogP contribution in [0.3, 0.4) is 0 Å². The lowest BCUT2D eigenvalue weighted by Gasteiger charge is -2.19. The highest BCUT2D eigenvalue weighted by atomic mass is 35.5. The van der Waals surface area contributed by atoms with Crippen molar-refractivity contribution in [3.63, 3.8) is 0 Å². The van der Waals surface area contributed by atoms with Gasteiger partial charge < -0.3 is 37.6 Å². The minimum Gasteiger partial charge on any atom is -0.331 e. The maximum absolute atomic E-state index is 13.2. The van der Waals surface area contributed by atoms with Crippen molar-refractivity contribution in [1.29, 1.82) is 0 Å². The van der Waals surface area contributed by atoms with Gasteiger partial charge in [-0.1, -0.05) is 20.8 Å². The van der Waals surface area contributed by atoms with Gasteiger partial charge in [0.15, 0.2) is 23.1 Å². The number of amides is 4. The summed E-state index contributed by atoms with van der Waals surface area (Å²) in [5.74, 6) is -1.78. The molecule has 0 bridgehead atoms. The fourth-order valence-corrected chi connectivity index (χ4v) is 6.78. The molecule has 15 nitrogen and oxygen atoms in total. The van der Waals surface area contributed by atoms with Crippen LogP contribution < -0.4 is 37.6 Å². The van der Waals surface area contributed by atoms with Crippen molar-refractivity contribution < 1.29 is 38.4 Å². The molecular formula is C46H51Cl2N7O8. The van der Waals surface area contributed by atoms with Crippen molar-refractivity contribution >= 4 is 92.7 Å². The number of ketones is 4. The van der Waals surface area contributed by atoms with Crippen molar-refractivity contribution in [1.82, 2.24) is 10.6 Å². The zero-order valence-corrected chi connectivity index (χ0v) is 36.8. The van der Waals surface area contributed by atoms with E-state index >= 15 is 0 Å². The monoisotopic (exact) mass is 899 g/mol. The van der Waals surface area contributed by atoms with Gasteiger partial charge in [-0.3, -0.25) is 38.4 Å². The molecule has 6 rings (SSSR count). The number of anilines is 4. The second-order valence-corrected chi connectivity index (χ2v) is 14.8. The van der Waals surface area contributed by atoms with Crippen LogP contribution in [0.1, 0.15) is 110 Å². The fraction of sp³-hybridized carbons (Fsp3) is 0.304. The second-order valence-electron chi connectivity index (χ2n) is 14.0. The molecule has 17 heteroatoms. The molecule has 2 aliphatic carbocycles. The summed E-state index contributed by atoms with van der Waals surface area (Å²) >= 11 is 11.1. The zero-order valence-electron chi connectivity index (χ0n) is 35.3. The average molecular weight is 901 g/mol. The van der Waals surface area contributed by atoms with E-state index in [1.165, 1.54) is 36.4 Å². The Morgan fingerprint density at radius 3 is 0.905 bits per heavy atom. The highest BCUT2D eigenvalue weighted by molar-refractivity contribution is 6.30. The molecule has 2 aliphatic rings. The Hall–Kier alpha value is -6.10. The molecule has 0 heterocycles. The van der Waals surface area contributed by atoms with Gasteiger partial charge in [0, 0.05) is 118 Å². The molecule has 0 atom stereocenters. The maximum Gasteiger partial charge on any atom is 0.225 e. The Balaban J connectivity index is 0.000000262. The minimum absolute atomic E-state index is 0.139. The van der Waals surface area contributed by atoms with Crippen LogP contribution in [-0.4, -0.2) is 91.2 Å². The van der Waals surface area contributed by atoms with Gasteiger partial charge >= 0.3 is 0 Å².